The van der Waals surface area contributed by atoms with Crippen LogP contribution in [-0.4, -0.2) is 33.4 Å². The van der Waals surface area contributed by atoms with Crippen LogP contribution in [0.15, 0.2) is 47.4 Å². The van der Waals surface area contributed by atoms with E-state index >= 15 is 0 Å². The Bertz CT molecular complexity index is 851. The van der Waals surface area contributed by atoms with E-state index in [-0.39, 0.29) is 28.6 Å². The summed E-state index contributed by atoms with van der Waals surface area (Å²) in [6.07, 6.45) is 0. The van der Waals surface area contributed by atoms with Crippen molar-refractivity contribution in [3.63, 3.8) is 0 Å². The molecule has 0 atom stereocenters. The first kappa shape index (κ1) is 17.9. The molecular weight excluding hydrogens is 335 g/mol. The number of carbonyl (C=O) groups is 1. The van der Waals surface area contributed by atoms with E-state index in [4.69, 9.17) is 9.88 Å². The topological polar surface area (TPSA) is 89.7 Å². The van der Waals surface area contributed by atoms with Crippen molar-refractivity contribution in [1.82, 2.24) is 4.90 Å². The van der Waals surface area contributed by atoms with Gasteiger partial charge in [0, 0.05) is 13.6 Å². The fourth-order valence-corrected chi connectivity index (χ4v) is 2.71. The largest absolute Gasteiger partial charge is 0.496 e. The van der Waals surface area contributed by atoms with E-state index in [0.717, 1.165) is 5.56 Å². The zero-order valence-corrected chi connectivity index (χ0v) is 14.0. The smallest absolute Gasteiger partial charge is 0.257 e. The molecule has 0 saturated heterocycles. The molecule has 0 radical (unpaired) electrons. The van der Waals surface area contributed by atoms with Crippen LogP contribution >= 0.6 is 0 Å². The number of nitrogens with two attached hydrogens (primary N) is 1. The average molecular weight is 352 g/mol. The molecule has 2 rings (SSSR count). The zero-order valence-electron chi connectivity index (χ0n) is 13.2. The number of amides is 1. The number of halogens is 1. The highest BCUT2D eigenvalue weighted by molar-refractivity contribution is 7.89. The van der Waals surface area contributed by atoms with E-state index in [0.29, 0.717) is 0 Å². The first-order chi connectivity index (χ1) is 11.2. The van der Waals surface area contributed by atoms with Gasteiger partial charge in [0.05, 0.1) is 17.6 Å². The normalized spacial score (nSPS) is 11.2. The first-order valence-electron chi connectivity index (χ1n) is 6.93. The van der Waals surface area contributed by atoms with Crippen LogP contribution in [0.4, 0.5) is 4.39 Å². The number of hydrogen-bond donors (Lipinski definition) is 1. The molecule has 8 heteroatoms. The Labute approximate surface area is 139 Å². The summed E-state index contributed by atoms with van der Waals surface area (Å²) in [5.74, 6) is -0.574. The molecule has 0 bridgehead atoms. The standard InChI is InChI=1S/C16H17FN2O4S/c1-19(10-11-3-5-12(17)6-4-11)16(20)14-9-13(24(18,21)22)7-8-15(14)23-2/h3-9H,10H2,1-2H3,(H2,18,21,22). The summed E-state index contributed by atoms with van der Waals surface area (Å²) in [5.41, 5.74) is 0.808. The van der Waals surface area contributed by atoms with Gasteiger partial charge in [0.1, 0.15) is 11.6 Å². The van der Waals surface area contributed by atoms with Crippen molar-refractivity contribution in [2.75, 3.05) is 14.2 Å². The molecule has 0 aliphatic heterocycles. The molecule has 1 amide bonds. The second kappa shape index (κ2) is 6.98. The number of sulfonamides is 1. The summed E-state index contributed by atoms with van der Waals surface area (Å²) in [6.45, 7) is 0.224. The van der Waals surface area contributed by atoms with Crippen molar-refractivity contribution in [3.8, 4) is 5.75 Å². The molecule has 2 aromatic rings. The second-order valence-corrected chi connectivity index (χ2v) is 6.76. The molecule has 0 fully saturated rings. The molecule has 24 heavy (non-hydrogen) atoms. The minimum atomic E-state index is -3.94. The van der Waals surface area contributed by atoms with Gasteiger partial charge in [-0.15, -0.1) is 0 Å². The van der Waals surface area contributed by atoms with Crippen LogP contribution in [0.2, 0.25) is 0 Å². The van der Waals surface area contributed by atoms with Crippen molar-refractivity contribution < 1.29 is 22.3 Å². The number of nitrogens with zero attached hydrogens (tertiary/aromatic N) is 1. The molecule has 2 N–H and O–H groups in total. The highest BCUT2D eigenvalue weighted by Gasteiger charge is 2.20. The van der Waals surface area contributed by atoms with Gasteiger partial charge < -0.3 is 9.64 Å². The molecular formula is C16H17FN2O4S. The Morgan fingerprint density at radius 2 is 1.83 bits per heavy atom. The van der Waals surface area contributed by atoms with Gasteiger partial charge in [-0.1, -0.05) is 12.1 Å². The Morgan fingerprint density at radius 1 is 1.21 bits per heavy atom. The fourth-order valence-electron chi connectivity index (χ4n) is 2.17. The quantitative estimate of drug-likeness (QED) is 0.888. The first-order valence-corrected chi connectivity index (χ1v) is 8.47. The van der Waals surface area contributed by atoms with E-state index in [2.05, 4.69) is 0 Å². The van der Waals surface area contributed by atoms with Crippen LogP contribution in [0.5, 0.6) is 5.75 Å². The van der Waals surface area contributed by atoms with Crippen LogP contribution in [0.25, 0.3) is 0 Å². The number of ether oxygens (including phenoxy) is 1. The van der Waals surface area contributed by atoms with Gasteiger partial charge in [0.2, 0.25) is 10.0 Å². The minimum absolute atomic E-state index is 0.0774. The van der Waals surface area contributed by atoms with Crippen LogP contribution in [0.3, 0.4) is 0 Å². The minimum Gasteiger partial charge on any atom is -0.496 e. The third-order valence-electron chi connectivity index (χ3n) is 3.41. The maximum Gasteiger partial charge on any atom is 0.257 e. The maximum atomic E-state index is 12.9. The third kappa shape index (κ3) is 4.09. The Kier molecular flexibility index (Phi) is 5.20. The van der Waals surface area contributed by atoms with Gasteiger partial charge in [0.15, 0.2) is 0 Å². The summed E-state index contributed by atoms with van der Waals surface area (Å²) in [7, 11) is -1.01. The van der Waals surface area contributed by atoms with Crippen molar-refractivity contribution in [3.05, 3.63) is 59.4 Å². The van der Waals surface area contributed by atoms with E-state index in [1.54, 1.807) is 19.2 Å². The SMILES string of the molecule is COc1ccc(S(N)(=O)=O)cc1C(=O)N(C)Cc1ccc(F)cc1. The van der Waals surface area contributed by atoms with Gasteiger partial charge in [-0.25, -0.2) is 17.9 Å². The van der Waals surface area contributed by atoms with Gasteiger partial charge in [-0.05, 0) is 35.9 Å². The number of carbonyl (C=O) groups excluding carboxylic acids is 1. The van der Waals surface area contributed by atoms with E-state index in [9.17, 15) is 17.6 Å². The van der Waals surface area contributed by atoms with Gasteiger partial charge in [-0.3, -0.25) is 4.79 Å². The number of rotatable bonds is 5. The average Bonchev–Trinajstić information content (AvgIpc) is 2.54. The number of benzene rings is 2. The lowest BCUT2D eigenvalue weighted by Gasteiger charge is -2.19. The lowest BCUT2D eigenvalue weighted by Crippen LogP contribution is -2.27. The molecule has 2 aromatic carbocycles. The van der Waals surface area contributed by atoms with Crippen LogP contribution < -0.4 is 9.88 Å². The molecule has 6 nitrogen and oxygen atoms in total. The molecule has 0 aliphatic carbocycles. The van der Waals surface area contributed by atoms with E-state index in [1.165, 1.54) is 42.3 Å². The summed E-state index contributed by atoms with van der Waals surface area (Å²) in [6, 6.07) is 9.56. The summed E-state index contributed by atoms with van der Waals surface area (Å²) in [4.78, 5) is 13.8. The van der Waals surface area contributed by atoms with Gasteiger partial charge in [0.25, 0.3) is 5.91 Å². The number of hydrogen-bond acceptors (Lipinski definition) is 4. The predicted octanol–water partition coefficient (Wildman–Crippen LogP) is 1.75. The Hall–Kier alpha value is -2.45. The van der Waals surface area contributed by atoms with Gasteiger partial charge in [-0.2, -0.15) is 0 Å². The Morgan fingerprint density at radius 3 is 2.38 bits per heavy atom. The summed E-state index contributed by atoms with van der Waals surface area (Å²) < 4.78 is 41.0. The summed E-state index contributed by atoms with van der Waals surface area (Å²) in [5, 5.41) is 5.10. The lowest BCUT2D eigenvalue weighted by molar-refractivity contribution is 0.0781. The molecule has 0 aliphatic rings. The second-order valence-electron chi connectivity index (χ2n) is 5.19. The molecule has 0 aromatic heterocycles. The highest BCUT2D eigenvalue weighted by Crippen LogP contribution is 2.23. The fraction of sp³-hybridized carbons (Fsp3) is 0.188. The molecule has 0 unspecified atom stereocenters. The van der Waals surface area contributed by atoms with Crippen LogP contribution in [0, 0.1) is 5.82 Å². The highest BCUT2D eigenvalue weighted by atomic mass is 32.2. The molecule has 128 valence electrons. The van der Waals surface area contributed by atoms with E-state index in [1.807, 2.05) is 0 Å². The van der Waals surface area contributed by atoms with Gasteiger partial charge >= 0.3 is 0 Å². The van der Waals surface area contributed by atoms with Crippen molar-refractivity contribution in [2.45, 2.75) is 11.4 Å². The van der Waals surface area contributed by atoms with Crippen molar-refractivity contribution >= 4 is 15.9 Å². The molecule has 0 heterocycles. The number of primary sulfonamides is 1. The van der Waals surface area contributed by atoms with Crippen LogP contribution in [0.1, 0.15) is 15.9 Å². The third-order valence-corrected chi connectivity index (χ3v) is 4.32. The van der Waals surface area contributed by atoms with Crippen molar-refractivity contribution in [1.29, 1.82) is 0 Å². The van der Waals surface area contributed by atoms with Crippen LogP contribution in [-0.2, 0) is 16.6 Å². The van der Waals surface area contributed by atoms with Crippen molar-refractivity contribution in [2.24, 2.45) is 5.14 Å². The predicted molar refractivity (Wildman–Crippen MR) is 86.6 cm³/mol. The monoisotopic (exact) mass is 352 g/mol. The van der Waals surface area contributed by atoms with E-state index < -0.39 is 15.9 Å². The lowest BCUT2D eigenvalue weighted by atomic mass is 10.1. The molecule has 0 spiro atoms. The number of methoxy groups -OCH3 is 1. The molecule has 0 saturated carbocycles. The summed E-state index contributed by atoms with van der Waals surface area (Å²) >= 11 is 0. The Balaban J connectivity index is 2.31. The zero-order chi connectivity index (χ0) is 17.9. The maximum absolute atomic E-state index is 12.9.